The van der Waals surface area contributed by atoms with Gasteiger partial charge in [-0.25, -0.2) is 0 Å². The number of carbonyl (C=O) groups is 1. The standard InChI is InChI=1S/C20H22N2OS/c1-12-4-7-16-17(11-21)20(24-18(16)8-12)22-19(23)10-15-6-5-13(2)14(3)9-15/h5-6,9,12H,4,7-8,10H2,1-3H3,(H,22,23). The molecule has 1 heterocycles. The third-order valence-corrected chi connectivity index (χ3v) is 5.98. The van der Waals surface area contributed by atoms with Gasteiger partial charge in [0.1, 0.15) is 11.1 Å². The molecule has 1 aromatic carbocycles. The number of carbonyl (C=O) groups excluding carboxylic acids is 1. The van der Waals surface area contributed by atoms with Gasteiger partial charge >= 0.3 is 0 Å². The highest BCUT2D eigenvalue weighted by Crippen LogP contribution is 2.39. The van der Waals surface area contributed by atoms with Gasteiger partial charge in [0.15, 0.2) is 0 Å². The molecule has 0 saturated heterocycles. The Bertz CT molecular complexity index is 829. The summed E-state index contributed by atoms with van der Waals surface area (Å²) >= 11 is 1.58. The average molecular weight is 338 g/mol. The van der Waals surface area contributed by atoms with Crippen molar-refractivity contribution in [1.82, 2.24) is 0 Å². The van der Waals surface area contributed by atoms with E-state index in [0.29, 0.717) is 17.9 Å². The molecular formula is C20H22N2OS. The molecule has 1 unspecified atom stereocenters. The van der Waals surface area contributed by atoms with Crippen molar-refractivity contribution in [2.45, 2.75) is 46.5 Å². The zero-order valence-electron chi connectivity index (χ0n) is 14.4. The maximum Gasteiger partial charge on any atom is 0.229 e. The van der Waals surface area contributed by atoms with Crippen molar-refractivity contribution in [3.8, 4) is 6.07 Å². The van der Waals surface area contributed by atoms with E-state index in [1.54, 1.807) is 11.3 Å². The lowest BCUT2D eigenvalue weighted by Crippen LogP contribution is -2.14. The van der Waals surface area contributed by atoms with Gasteiger partial charge < -0.3 is 5.32 Å². The van der Waals surface area contributed by atoms with Gasteiger partial charge in [-0.15, -0.1) is 11.3 Å². The van der Waals surface area contributed by atoms with Gasteiger partial charge in [0.25, 0.3) is 0 Å². The Morgan fingerprint density at radius 2 is 2.17 bits per heavy atom. The van der Waals surface area contributed by atoms with Crippen molar-refractivity contribution in [2.24, 2.45) is 5.92 Å². The van der Waals surface area contributed by atoms with E-state index >= 15 is 0 Å². The number of anilines is 1. The quantitative estimate of drug-likeness (QED) is 0.893. The number of aryl methyl sites for hydroxylation is 2. The number of rotatable bonds is 3. The van der Waals surface area contributed by atoms with Gasteiger partial charge in [0, 0.05) is 4.88 Å². The SMILES string of the molecule is Cc1ccc(CC(=O)Nc2sc3c(c2C#N)CCC(C)C3)cc1C. The number of nitrogens with zero attached hydrogens (tertiary/aromatic N) is 1. The average Bonchev–Trinajstić information content (AvgIpc) is 2.86. The number of fused-ring (bicyclic) bond motifs is 1. The van der Waals surface area contributed by atoms with Crippen LogP contribution in [0.5, 0.6) is 0 Å². The van der Waals surface area contributed by atoms with Crippen molar-refractivity contribution in [2.75, 3.05) is 5.32 Å². The Morgan fingerprint density at radius 3 is 2.88 bits per heavy atom. The van der Waals surface area contributed by atoms with Crippen molar-refractivity contribution in [1.29, 1.82) is 5.26 Å². The second kappa shape index (κ2) is 6.78. The molecule has 0 saturated carbocycles. The Kier molecular flexibility index (Phi) is 4.73. The molecule has 0 radical (unpaired) electrons. The number of benzene rings is 1. The topological polar surface area (TPSA) is 52.9 Å². The molecule has 1 N–H and O–H groups in total. The minimum absolute atomic E-state index is 0.0543. The highest BCUT2D eigenvalue weighted by molar-refractivity contribution is 7.16. The first-order valence-corrected chi connectivity index (χ1v) is 9.20. The largest absolute Gasteiger partial charge is 0.316 e. The van der Waals surface area contributed by atoms with Crippen LogP contribution in [0, 0.1) is 31.1 Å². The summed E-state index contributed by atoms with van der Waals surface area (Å²) in [7, 11) is 0. The third-order valence-electron chi connectivity index (χ3n) is 4.81. The molecule has 1 atom stereocenters. The van der Waals surface area contributed by atoms with Gasteiger partial charge in [-0.3, -0.25) is 4.79 Å². The fraction of sp³-hybridized carbons (Fsp3) is 0.400. The summed E-state index contributed by atoms with van der Waals surface area (Å²) in [6.07, 6.45) is 3.42. The number of hydrogen-bond donors (Lipinski definition) is 1. The fourth-order valence-electron chi connectivity index (χ4n) is 3.23. The second-order valence-electron chi connectivity index (χ2n) is 6.81. The molecule has 0 aliphatic heterocycles. The molecule has 24 heavy (non-hydrogen) atoms. The predicted octanol–water partition coefficient (Wildman–Crippen LogP) is 4.54. The lowest BCUT2D eigenvalue weighted by atomic mass is 9.88. The molecule has 1 aliphatic carbocycles. The smallest absolute Gasteiger partial charge is 0.229 e. The van der Waals surface area contributed by atoms with E-state index in [-0.39, 0.29) is 5.91 Å². The molecule has 1 aromatic heterocycles. The van der Waals surface area contributed by atoms with Crippen molar-refractivity contribution >= 4 is 22.2 Å². The summed E-state index contributed by atoms with van der Waals surface area (Å²) in [6.45, 7) is 6.36. The molecule has 1 amide bonds. The molecule has 124 valence electrons. The molecule has 0 fully saturated rings. The summed E-state index contributed by atoms with van der Waals surface area (Å²) in [4.78, 5) is 13.7. The van der Waals surface area contributed by atoms with E-state index in [2.05, 4.69) is 38.2 Å². The lowest BCUT2D eigenvalue weighted by molar-refractivity contribution is -0.115. The summed E-state index contributed by atoms with van der Waals surface area (Å²) in [6, 6.07) is 8.40. The number of thiophene rings is 1. The molecular weight excluding hydrogens is 316 g/mol. The Morgan fingerprint density at radius 1 is 1.38 bits per heavy atom. The van der Waals surface area contributed by atoms with Crippen LogP contribution in [0.3, 0.4) is 0 Å². The highest BCUT2D eigenvalue weighted by Gasteiger charge is 2.24. The summed E-state index contributed by atoms with van der Waals surface area (Å²) < 4.78 is 0. The first kappa shape index (κ1) is 16.7. The van der Waals surface area contributed by atoms with E-state index in [1.807, 2.05) is 12.1 Å². The Balaban J connectivity index is 1.77. The van der Waals surface area contributed by atoms with E-state index in [4.69, 9.17) is 0 Å². The molecule has 0 spiro atoms. The normalized spacial score (nSPS) is 16.3. The van der Waals surface area contributed by atoms with Crippen molar-refractivity contribution < 1.29 is 4.79 Å². The molecule has 1 aliphatic rings. The van der Waals surface area contributed by atoms with Crippen LogP contribution >= 0.6 is 11.3 Å². The van der Waals surface area contributed by atoms with Crippen LogP contribution < -0.4 is 5.32 Å². The molecule has 4 heteroatoms. The lowest BCUT2D eigenvalue weighted by Gasteiger charge is -2.17. The Labute approximate surface area is 147 Å². The van der Waals surface area contributed by atoms with Crippen molar-refractivity contribution in [3.63, 3.8) is 0 Å². The maximum absolute atomic E-state index is 12.4. The molecule has 3 rings (SSSR count). The van der Waals surface area contributed by atoms with Gasteiger partial charge in [0.05, 0.1) is 12.0 Å². The van der Waals surface area contributed by atoms with Gasteiger partial charge in [-0.2, -0.15) is 5.26 Å². The van der Waals surface area contributed by atoms with E-state index < -0.39 is 0 Å². The monoisotopic (exact) mass is 338 g/mol. The van der Waals surface area contributed by atoms with E-state index in [1.165, 1.54) is 16.0 Å². The maximum atomic E-state index is 12.4. The van der Waals surface area contributed by atoms with Crippen molar-refractivity contribution in [3.05, 3.63) is 50.9 Å². The summed E-state index contributed by atoms with van der Waals surface area (Å²) in [5.41, 5.74) is 5.26. The van der Waals surface area contributed by atoms with Gasteiger partial charge in [-0.05, 0) is 61.3 Å². The van der Waals surface area contributed by atoms with Gasteiger partial charge in [0.2, 0.25) is 5.91 Å². The first-order valence-electron chi connectivity index (χ1n) is 8.38. The molecule has 3 nitrogen and oxygen atoms in total. The highest BCUT2D eigenvalue weighted by atomic mass is 32.1. The number of amides is 1. The van der Waals surface area contributed by atoms with Crippen LogP contribution in [0.2, 0.25) is 0 Å². The van der Waals surface area contributed by atoms with Crippen LogP contribution in [0.15, 0.2) is 18.2 Å². The number of nitrogens with one attached hydrogen (secondary N) is 1. The Hall–Kier alpha value is -2.12. The van der Waals surface area contributed by atoms with Crippen LogP contribution in [0.1, 0.15) is 46.0 Å². The number of hydrogen-bond acceptors (Lipinski definition) is 3. The van der Waals surface area contributed by atoms with E-state index in [0.717, 1.165) is 35.4 Å². The minimum atomic E-state index is -0.0543. The van der Waals surface area contributed by atoms with Gasteiger partial charge in [-0.1, -0.05) is 25.1 Å². The second-order valence-corrected chi connectivity index (χ2v) is 7.92. The molecule has 0 bridgehead atoms. The number of nitriles is 1. The zero-order chi connectivity index (χ0) is 17.3. The predicted molar refractivity (Wildman–Crippen MR) is 98.5 cm³/mol. The zero-order valence-corrected chi connectivity index (χ0v) is 15.2. The van der Waals surface area contributed by atoms with Crippen LogP contribution in [-0.2, 0) is 24.1 Å². The minimum Gasteiger partial charge on any atom is -0.316 e. The molecule has 2 aromatic rings. The third kappa shape index (κ3) is 3.37. The summed E-state index contributed by atoms with van der Waals surface area (Å²) in [5.74, 6) is 0.600. The van der Waals surface area contributed by atoms with Crippen LogP contribution in [-0.4, -0.2) is 5.91 Å². The fourth-order valence-corrected chi connectivity index (χ4v) is 4.60. The van der Waals surface area contributed by atoms with E-state index in [9.17, 15) is 10.1 Å². The van der Waals surface area contributed by atoms with Crippen LogP contribution in [0.25, 0.3) is 0 Å². The van der Waals surface area contributed by atoms with Crippen LogP contribution in [0.4, 0.5) is 5.00 Å². The first-order chi connectivity index (χ1) is 11.5. The summed E-state index contributed by atoms with van der Waals surface area (Å²) in [5, 5.41) is 13.2.